The third-order valence-corrected chi connectivity index (χ3v) is 12.4. The summed E-state index contributed by atoms with van der Waals surface area (Å²) in [5, 5.41) is 9.65. The Morgan fingerprint density at radius 1 is 0.333 bits per heavy atom. The van der Waals surface area contributed by atoms with Gasteiger partial charge in [-0.1, -0.05) is 263 Å². The molecule has 0 aromatic carbocycles. The van der Waals surface area contributed by atoms with Gasteiger partial charge in [0.2, 0.25) is 0 Å². The minimum absolute atomic E-state index is 0.0748. The molecule has 5 heteroatoms. The van der Waals surface area contributed by atoms with Gasteiger partial charge >= 0.3 is 11.9 Å². The van der Waals surface area contributed by atoms with Crippen LogP contribution < -0.4 is 0 Å². The number of esters is 2. The van der Waals surface area contributed by atoms with Crippen LogP contribution in [-0.4, -0.2) is 36.4 Å². The maximum atomic E-state index is 12.3. The molecule has 0 aromatic rings. The third kappa shape index (κ3) is 58.6. The molecule has 0 heterocycles. The minimum Gasteiger partial charge on any atom is -0.462 e. The second-order valence-electron chi connectivity index (χ2n) is 19.3. The fraction of sp³-hybridized carbons (Fsp3) is 0.642. The summed E-state index contributed by atoms with van der Waals surface area (Å²) >= 11 is 0. The lowest BCUT2D eigenvalue weighted by molar-refractivity contribution is -0.161. The van der Waals surface area contributed by atoms with E-state index in [-0.39, 0.29) is 25.2 Å². The number of hydrogen-bond donors (Lipinski definition) is 1. The quantitative estimate of drug-likeness (QED) is 0.0373. The first-order valence-electron chi connectivity index (χ1n) is 29.7. The summed E-state index contributed by atoms with van der Waals surface area (Å²) < 4.78 is 10.7. The maximum absolute atomic E-state index is 12.3. The zero-order chi connectivity index (χ0) is 52.0. The highest BCUT2D eigenvalue weighted by Gasteiger charge is 2.16. The highest BCUT2D eigenvalue weighted by atomic mass is 16.6. The van der Waals surface area contributed by atoms with E-state index in [1.54, 1.807) is 0 Å². The van der Waals surface area contributed by atoms with Crippen molar-refractivity contribution in [3.05, 3.63) is 134 Å². The summed E-state index contributed by atoms with van der Waals surface area (Å²) in [6.45, 7) is 4.02. The fourth-order valence-corrected chi connectivity index (χ4v) is 7.99. The summed E-state index contributed by atoms with van der Waals surface area (Å²) in [5.74, 6) is -0.603. The molecule has 0 saturated carbocycles. The van der Waals surface area contributed by atoms with Crippen LogP contribution in [0.5, 0.6) is 0 Å². The van der Waals surface area contributed by atoms with Crippen molar-refractivity contribution < 1.29 is 24.2 Å². The number of rotatable bonds is 53. The smallest absolute Gasteiger partial charge is 0.306 e. The van der Waals surface area contributed by atoms with Gasteiger partial charge < -0.3 is 14.6 Å². The second-order valence-corrected chi connectivity index (χ2v) is 19.3. The van der Waals surface area contributed by atoms with Gasteiger partial charge in [-0.25, -0.2) is 0 Å². The van der Waals surface area contributed by atoms with E-state index in [4.69, 9.17) is 9.47 Å². The number of aliphatic hydroxyl groups is 1. The van der Waals surface area contributed by atoms with Gasteiger partial charge in [0, 0.05) is 12.8 Å². The van der Waals surface area contributed by atoms with Gasteiger partial charge in [-0.2, -0.15) is 0 Å². The van der Waals surface area contributed by atoms with Crippen LogP contribution in [0.1, 0.15) is 258 Å². The van der Waals surface area contributed by atoms with E-state index in [1.807, 2.05) is 0 Å². The van der Waals surface area contributed by atoms with Gasteiger partial charge in [0.15, 0.2) is 6.10 Å². The number of carbonyl (C=O) groups is 2. The van der Waals surface area contributed by atoms with Gasteiger partial charge in [-0.3, -0.25) is 9.59 Å². The molecule has 0 aliphatic rings. The number of allylic oxidation sites excluding steroid dienone is 22. The fourth-order valence-electron chi connectivity index (χ4n) is 7.99. The predicted octanol–water partition coefficient (Wildman–Crippen LogP) is 20.4. The molecule has 0 amide bonds. The minimum atomic E-state index is -0.784. The average molecular weight is 996 g/mol. The van der Waals surface area contributed by atoms with E-state index in [0.29, 0.717) is 12.8 Å². The Balaban J connectivity index is 3.58. The molecule has 5 nitrogen and oxygen atoms in total. The molecule has 0 rings (SSSR count). The van der Waals surface area contributed by atoms with Crippen LogP contribution in [0.4, 0.5) is 0 Å². The summed E-state index contributed by atoms with van der Waals surface area (Å²) in [5.41, 5.74) is 0. The molecule has 0 aliphatic carbocycles. The topological polar surface area (TPSA) is 72.8 Å². The van der Waals surface area contributed by atoms with Crippen molar-refractivity contribution in [1.29, 1.82) is 0 Å². The van der Waals surface area contributed by atoms with Crippen LogP contribution >= 0.6 is 0 Å². The SMILES string of the molecule is CC/C=C\C/C=C\C/C=C\C/C=C\C/C=C\C/C=C\C/C=C\C/C=C\C/C=C\C/C=C\CCCCCCCCCCCCC(=O)OC(CO)COC(=O)CCCCCCCCC/C=C\CCCCCCCC. The van der Waals surface area contributed by atoms with Gasteiger partial charge in [0.1, 0.15) is 6.61 Å². The number of ether oxygens (including phenoxy) is 2. The highest BCUT2D eigenvalue weighted by molar-refractivity contribution is 5.70. The monoisotopic (exact) mass is 995 g/mol. The van der Waals surface area contributed by atoms with Crippen molar-refractivity contribution in [3.8, 4) is 0 Å². The van der Waals surface area contributed by atoms with Gasteiger partial charge in [0.25, 0.3) is 0 Å². The zero-order valence-corrected chi connectivity index (χ0v) is 46.6. The molecule has 0 fully saturated rings. The molecule has 0 radical (unpaired) electrons. The molecule has 0 aromatic heterocycles. The average Bonchev–Trinajstić information content (AvgIpc) is 3.38. The lowest BCUT2D eigenvalue weighted by atomic mass is 10.0. The molecule has 0 aliphatic heterocycles. The molecule has 0 saturated heterocycles. The largest absolute Gasteiger partial charge is 0.462 e. The first kappa shape index (κ1) is 68.0. The van der Waals surface area contributed by atoms with E-state index in [0.717, 1.165) is 103 Å². The summed E-state index contributed by atoms with van der Waals surface area (Å²) in [7, 11) is 0. The van der Waals surface area contributed by atoms with Crippen LogP contribution in [0.25, 0.3) is 0 Å². The molecular formula is C67H110O5. The number of hydrogen-bond acceptors (Lipinski definition) is 5. The molecule has 1 atom stereocenters. The first-order valence-corrected chi connectivity index (χ1v) is 29.7. The van der Waals surface area contributed by atoms with E-state index >= 15 is 0 Å². The molecule has 1 N–H and O–H groups in total. The third-order valence-electron chi connectivity index (χ3n) is 12.4. The van der Waals surface area contributed by atoms with Crippen LogP contribution in [0.15, 0.2) is 134 Å². The van der Waals surface area contributed by atoms with Gasteiger partial charge in [0.05, 0.1) is 6.61 Å². The number of unbranched alkanes of at least 4 members (excludes halogenated alkanes) is 23. The Kier molecular flexibility index (Phi) is 58.0. The Labute approximate surface area is 445 Å². The Bertz CT molecular complexity index is 1500. The van der Waals surface area contributed by atoms with E-state index in [1.165, 1.54) is 128 Å². The van der Waals surface area contributed by atoms with Crippen LogP contribution in [0.2, 0.25) is 0 Å². The molecule has 1 unspecified atom stereocenters. The van der Waals surface area contributed by atoms with Gasteiger partial charge in [-0.05, 0) is 116 Å². The van der Waals surface area contributed by atoms with Crippen molar-refractivity contribution in [1.82, 2.24) is 0 Å². The Morgan fingerprint density at radius 3 is 0.917 bits per heavy atom. The molecular weight excluding hydrogens is 885 g/mol. The zero-order valence-electron chi connectivity index (χ0n) is 46.6. The molecule has 408 valence electrons. The van der Waals surface area contributed by atoms with Crippen molar-refractivity contribution >= 4 is 11.9 Å². The van der Waals surface area contributed by atoms with Crippen LogP contribution in [0.3, 0.4) is 0 Å². The van der Waals surface area contributed by atoms with Crippen molar-refractivity contribution in [2.45, 2.75) is 264 Å². The standard InChI is InChI=1S/C67H110O5/c1-3-5-7-9-11-13-15-17-19-21-22-23-24-25-26-27-28-29-30-31-32-33-34-35-36-37-38-39-40-41-42-43-44-46-48-50-52-54-56-58-60-62-67(70)72-65(63-68)64-71-66(69)61-59-57-55-53-51-49-47-45-20-18-16-14-12-10-8-6-4-2/h5,7,11,13,17-20,22-23,25-26,28-29,31-32,34-35,37-38,40-41,65,68H,3-4,6,8-10,12,14-16,21,24,27,30,33,36,39,42-64H2,1-2H3/b7-5-,13-11-,19-17-,20-18-,23-22-,26-25-,29-28-,32-31-,35-34-,38-37-,41-40-. The Hall–Kier alpha value is -3.96. The molecule has 0 bridgehead atoms. The van der Waals surface area contributed by atoms with Crippen LogP contribution in [-0.2, 0) is 19.1 Å². The van der Waals surface area contributed by atoms with Crippen molar-refractivity contribution in [2.24, 2.45) is 0 Å². The van der Waals surface area contributed by atoms with Crippen molar-refractivity contribution in [3.63, 3.8) is 0 Å². The molecule has 0 spiro atoms. The Morgan fingerprint density at radius 2 is 0.597 bits per heavy atom. The maximum Gasteiger partial charge on any atom is 0.306 e. The van der Waals surface area contributed by atoms with E-state index in [2.05, 4.69) is 148 Å². The first-order chi connectivity index (χ1) is 35.6. The molecule has 72 heavy (non-hydrogen) atoms. The van der Waals surface area contributed by atoms with Crippen molar-refractivity contribution in [2.75, 3.05) is 13.2 Å². The number of carbonyl (C=O) groups excluding carboxylic acids is 2. The van der Waals surface area contributed by atoms with Gasteiger partial charge in [-0.15, -0.1) is 0 Å². The number of aliphatic hydroxyl groups excluding tert-OH is 1. The highest BCUT2D eigenvalue weighted by Crippen LogP contribution is 2.15. The summed E-state index contributed by atoms with van der Waals surface area (Å²) in [6, 6.07) is 0. The van der Waals surface area contributed by atoms with E-state index in [9.17, 15) is 14.7 Å². The lowest BCUT2D eigenvalue weighted by Gasteiger charge is -2.15. The predicted molar refractivity (Wildman–Crippen MR) is 315 cm³/mol. The second kappa shape index (κ2) is 61.3. The lowest BCUT2D eigenvalue weighted by Crippen LogP contribution is -2.28. The van der Waals surface area contributed by atoms with E-state index < -0.39 is 6.10 Å². The van der Waals surface area contributed by atoms with Crippen LogP contribution in [0, 0.1) is 0 Å². The summed E-state index contributed by atoms with van der Waals surface area (Å²) in [4.78, 5) is 24.5. The summed E-state index contributed by atoms with van der Waals surface area (Å²) in [6.07, 6.45) is 91.4. The normalized spacial score (nSPS) is 13.2.